The maximum atomic E-state index is 4.00. The van der Waals surface area contributed by atoms with Gasteiger partial charge < -0.3 is 0 Å². The van der Waals surface area contributed by atoms with Gasteiger partial charge in [-0.05, 0) is 68.3 Å². The van der Waals surface area contributed by atoms with Gasteiger partial charge in [0.1, 0.15) is 0 Å². The Balaban J connectivity index is 1.29. The van der Waals surface area contributed by atoms with E-state index in [1.165, 1.54) is 66.9 Å². The van der Waals surface area contributed by atoms with Crippen molar-refractivity contribution in [3.63, 3.8) is 0 Å². The van der Waals surface area contributed by atoms with Crippen LogP contribution < -0.4 is 0 Å². The molecule has 0 nitrogen and oxygen atoms in total. The van der Waals surface area contributed by atoms with E-state index in [2.05, 4.69) is 202 Å². The first-order valence-corrected chi connectivity index (χ1v) is 21.8. The van der Waals surface area contributed by atoms with Gasteiger partial charge in [-0.15, -0.1) is 45.8 Å². The Bertz CT molecular complexity index is 2790. The predicted molar refractivity (Wildman–Crippen MR) is 249 cm³/mol. The zero-order valence-electron chi connectivity index (χ0n) is 37.8. The van der Waals surface area contributed by atoms with Crippen LogP contribution in [0.15, 0.2) is 230 Å². The Labute approximate surface area is 359 Å². The van der Waals surface area contributed by atoms with Crippen LogP contribution in [-0.2, 0) is 0 Å². The van der Waals surface area contributed by atoms with E-state index < -0.39 is 0 Å². The second-order valence-corrected chi connectivity index (χ2v) is 21.5. The number of hydrogen-bond acceptors (Lipinski definition) is 0. The van der Waals surface area contributed by atoms with Crippen molar-refractivity contribution < 1.29 is 0 Å². The molecular formula is C60H56. The van der Waals surface area contributed by atoms with Crippen molar-refractivity contribution in [2.24, 2.45) is 21.7 Å². The molecule has 296 valence electrons. The van der Waals surface area contributed by atoms with E-state index in [1.807, 2.05) is 0 Å². The van der Waals surface area contributed by atoms with Crippen LogP contribution in [0, 0.1) is 21.7 Å². The maximum absolute atomic E-state index is 4.00. The van der Waals surface area contributed by atoms with Crippen molar-refractivity contribution in [2.45, 2.75) is 109 Å². The molecule has 0 unspecified atom stereocenters. The lowest BCUT2D eigenvalue weighted by Gasteiger charge is -2.18. The summed E-state index contributed by atoms with van der Waals surface area (Å²) < 4.78 is 0. The van der Waals surface area contributed by atoms with E-state index in [-0.39, 0.29) is 21.7 Å². The first-order chi connectivity index (χ1) is 28.2. The van der Waals surface area contributed by atoms with E-state index in [0.717, 1.165) is 44.6 Å². The van der Waals surface area contributed by atoms with Crippen LogP contribution in [0.4, 0.5) is 0 Å². The summed E-state index contributed by atoms with van der Waals surface area (Å²) in [5.41, 5.74) is 55.0. The number of fused-ring (bicyclic) bond motifs is 12. The Hall–Kier alpha value is -5.92. The second-order valence-electron chi connectivity index (χ2n) is 21.5. The summed E-state index contributed by atoms with van der Waals surface area (Å²) in [5, 5.41) is 0. The predicted octanol–water partition coefficient (Wildman–Crippen LogP) is 15.4. The van der Waals surface area contributed by atoms with Crippen LogP contribution in [0.5, 0.6) is 0 Å². The normalized spacial score (nSPS) is 21.7. The van der Waals surface area contributed by atoms with Gasteiger partial charge in [0.2, 0.25) is 0 Å². The highest BCUT2D eigenvalue weighted by Gasteiger charge is 2.34. The fourth-order valence-corrected chi connectivity index (χ4v) is 9.04. The summed E-state index contributed by atoms with van der Waals surface area (Å²) in [6.45, 7) is 27.3. The minimum atomic E-state index is -0.00801. The maximum Gasteiger partial charge on any atom is 0.0359 e. The quantitative estimate of drug-likeness (QED) is 0.170. The van der Waals surface area contributed by atoms with E-state index in [0.29, 0.717) is 25.7 Å². The third-order valence-corrected chi connectivity index (χ3v) is 12.9. The van der Waals surface area contributed by atoms with Gasteiger partial charge in [-0.3, -0.25) is 0 Å². The van der Waals surface area contributed by atoms with Gasteiger partial charge in [0.25, 0.3) is 0 Å². The molecule has 0 saturated carbocycles. The zero-order chi connectivity index (χ0) is 42.5. The fourth-order valence-electron chi connectivity index (χ4n) is 9.04. The molecule has 0 radical (unpaired) electrons. The van der Waals surface area contributed by atoms with Gasteiger partial charge in [0, 0.05) is 115 Å². The van der Waals surface area contributed by atoms with Gasteiger partial charge in [-0.2, -0.15) is 0 Å². The molecule has 0 spiro atoms. The molecule has 8 bridgehead atoms. The van der Waals surface area contributed by atoms with Crippen LogP contribution in [0.1, 0.15) is 109 Å². The van der Waals surface area contributed by atoms with Crippen molar-refractivity contribution in [3.05, 3.63) is 230 Å². The first-order valence-electron chi connectivity index (χ1n) is 21.8. The van der Waals surface area contributed by atoms with Gasteiger partial charge >= 0.3 is 0 Å². The standard InChI is InChI=1S/C60H56/c1-57(2,3)45-13-21-49-37-29-38(50(49)22-14-45)34-40-31-42(54-26-18-47(59(7,8)9)16-24-52(40)54)36-44-32-43(55-27-19-48(60(10,11)12)20-28-56(44)55)35-41-30-39(33-37)51-23-15-46(58(4,5)6)17-25-53(41)51/h13-21,23-24,27H,33-36H2,1-12H3/i33+1,34+1,35+1,36+1. The summed E-state index contributed by atoms with van der Waals surface area (Å²) in [7, 11) is 0. The molecule has 0 aromatic heterocycles. The average Bonchev–Trinajstić information content (AvgIpc) is 3.53. The van der Waals surface area contributed by atoms with Crippen molar-refractivity contribution in [2.75, 3.05) is 0 Å². The molecule has 0 aromatic rings. The SMILES string of the molecule is CC(C)(C)C1=CC=C2C3=C=C([13CH2]C4=C=C([13CH2]C5=C=C([13CH2]C6=C=C([13CH2]3)C3=C=CC(C(C)(C)C)=CC=C63)C3=CC=C(C(C)(C)C)C=C=C53)C3=CC=C(C(C)(C)C)C=C=C43)C2=C=C1. The molecule has 0 fully saturated rings. The summed E-state index contributed by atoms with van der Waals surface area (Å²) in [6, 6.07) is 0. The highest BCUT2D eigenvalue weighted by molar-refractivity contribution is 5.75. The molecule has 0 N–H and O–H groups in total. The van der Waals surface area contributed by atoms with E-state index in [4.69, 9.17) is 0 Å². The van der Waals surface area contributed by atoms with Gasteiger partial charge in [0.05, 0.1) is 0 Å². The highest BCUT2D eigenvalue weighted by Crippen LogP contribution is 2.49. The van der Waals surface area contributed by atoms with Crippen LogP contribution in [0.3, 0.4) is 0 Å². The van der Waals surface area contributed by atoms with Crippen molar-refractivity contribution in [1.29, 1.82) is 0 Å². The van der Waals surface area contributed by atoms with Gasteiger partial charge in [0.15, 0.2) is 0 Å². The molecule has 9 aliphatic rings. The van der Waals surface area contributed by atoms with Gasteiger partial charge in [-0.1, -0.05) is 132 Å². The lowest BCUT2D eigenvalue weighted by molar-refractivity contribution is 0.517. The summed E-state index contributed by atoms with van der Waals surface area (Å²) in [5.74, 6) is 0. The van der Waals surface area contributed by atoms with E-state index in [9.17, 15) is 0 Å². The Morgan fingerprint density at radius 2 is 0.483 bits per heavy atom. The third-order valence-electron chi connectivity index (χ3n) is 12.9. The van der Waals surface area contributed by atoms with E-state index >= 15 is 0 Å². The lowest BCUT2D eigenvalue weighted by atomic mass is 9.86. The topological polar surface area (TPSA) is 0 Å². The smallest absolute Gasteiger partial charge is 0.0359 e. The Morgan fingerprint density at radius 3 is 0.700 bits per heavy atom. The first kappa shape index (κ1) is 39.5. The fraction of sp³-hybridized carbons (Fsp3) is 0.333. The van der Waals surface area contributed by atoms with Crippen LogP contribution in [0.2, 0.25) is 0 Å². The molecule has 60 heavy (non-hydrogen) atoms. The van der Waals surface area contributed by atoms with Gasteiger partial charge in [-0.25, -0.2) is 0 Å². The van der Waals surface area contributed by atoms with Crippen LogP contribution in [0.25, 0.3) is 0 Å². The molecule has 0 saturated heterocycles. The highest BCUT2D eigenvalue weighted by atomic mass is 14.5. The van der Waals surface area contributed by atoms with E-state index in [1.54, 1.807) is 0 Å². The molecule has 0 heteroatoms. The number of rotatable bonds is 0. The number of hydrogen-bond donors (Lipinski definition) is 0. The largest absolute Gasteiger partial charge is 0.111 e. The number of allylic oxidation sites excluding steroid dienone is 24. The van der Waals surface area contributed by atoms with Crippen LogP contribution in [-0.4, -0.2) is 0 Å². The molecule has 0 amide bonds. The third kappa shape index (κ3) is 7.13. The average molecular weight is 781 g/mol. The molecule has 0 heterocycles. The molecule has 0 aliphatic heterocycles. The molecular weight excluding hydrogens is 725 g/mol. The molecule has 9 rings (SSSR count). The summed E-state index contributed by atoms with van der Waals surface area (Å²) in [4.78, 5) is 0. The monoisotopic (exact) mass is 780 g/mol. The lowest BCUT2D eigenvalue weighted by Crippen LogP contribution is -2.06. The van der Waals surface area contributed by atoms with Crippen molar-refractivity contribution in [3.8, 4) is 0 Å². The van der Waals surface area contributed by atoms with Crippen LogP contribution >= 0.6 is 0 Å². The molecule has 0 atom stereocenters. The second kappa shape index (κ2) is 13.8. The Morgan fingerprint density at radius 1 is 0.283 bits per heavy atom. The summed E-state index contributed by atoms with van der Waals surface area (Å²) >= 11 is 0. The van der Waals surface area contributed by atoms with Crippen molar-refractivity contribution >= 4 is 0 Å². The van der Waals surface area contributed by atoms with Crippen molar-refractivity contribution in [1.82, 2.24) is 0 Å². The summed E-state index contributed by atoms with van der Waals surface area (Å²) in [6.07, 6.45) is 30.0. The minimum absolute atomic E-state index is 0.00628. The minimum Gasteiger partial charge on any atom is -0.111 e. The molecule has 9 aliphatic carbocycles. The zero-order valence-corrected chi connectivity index (χ0v) is 37.8. The molecule has 0 aromatic carbocycles. The Kier molecular flexibility index (Phi) is 9.10.